The first-order valence-electron chi connectivity index (χ1n) is 8.51. The van der Waals surface area contributed by atoms with Gasteiger partial charge in [-0.1, -0.05) is 18.2 Å². The van der Waals surface area contributed by atoms with Gasteiger partial charge >= 0.3 is 6.03 Å². The SMILES string of the molecule is O=C(Nc1ccccc1)N[C@H]1CC(=O)N(c2ccc3c(c2)OCCO3)C1. The number of nitrogens with one attached hydrogen (secondary N) is 2. The van der Waals surface area contributed by atoms with Crippen molar-refractivity contribution in [2.45, 2.75) is 12.5 Å². The lowest BCUT2D eigenvalue weighted by atomic mass is 10.2. The molecule has 0 spiro atoms. The van der Waals surface area contributed by atoms with Gasteiger partial charge in [-0.15, -0.1) is 0 Å². The molecule has 2 aromatic rings. The number of nitrogens with zero attached hydrogens (tertiary/aromatic N) is 1. The first-order valence-corrected chi connectivity index (χ1v) is 8.51. The standard InChI is InChI=1S/C19H19N3O4/c23-18-10-14(21-19(24)20-13-4-2-1-3-5-13)12-22(18)15-6-7-16-17(11-15)26-9-8-25-16/h1-7,11,14H,8-10,12H2,(H2,20,21,24)/t14-/m0/s1. The molecule has 134 valence electrons. The smallest absolute Gasteiger partial charge is 0.319 e. The van der Waals surface area contributed by atoms with Crippen LogP contribution in [0.1, 0.15) is 6.42 Å². The van der Waals surface area contributed by atoms with Crippen LogP contribution in [0.5, 0.6) is 11.5 Å². The Bertz CT molecular complexity index is 825. The zero-order chi connectivity index (χ0) is 17.9. The molecule has 7 nitrogen and oxygen atoms in total. The van der Waals surface area contributed by atoms with Gasteiger partial charge in [0.05, 0.1) is 6.04 Å². The van der Waals surface area contributed by atoms with Crippen LogP contribution in [-0.2, 0) is 4.79 Å². The number of hydrogen-bond acceptors (Lipinski definition) is 4. The third kappa shape index (κ3) is 3.42. The highest BCUT2D eigenvalue weighted by molar-refractivity contribution is 5.98. The van der Waals surface area contributed by atoms with Crippen LogP contribution in [-0.4, -0.2) is 37.7 Å². The minimum atomic E-state index is -0.321. The predicted octanol–water partition coefficient (Wildman–Crippen LogP) is 2.38. The molecule has 1 atom stereocenters. The van der Waals surface area contributed by atoms with E-state index in [-0.39, 0.29) is 24.4 Å². The molecule has 0 radical (unpaired) electrons. The predicted molar refractivity (Wildman–Crippen MR) is 96.8 cm³/mol. The van der Waals surface area contributed by atoms with Gasteiger partial charge in [0, 0.05) is 30.4 Å². The van der Waals surface area contributed by atoms with Gasteiger partial charge in [0.1, 0.15) is 13.2 Å². The van der Waals surface area contributed by atoms with E-state index in [4.69, 9.17) is 9.47 Å². The average molecular weight is 353 g/mol. The minimum Gasteiger partial charge on any atom is -0.486 e. The van der Waals surface area contributed by atoms with Crippen LogP contribution in [0.25, 0.3) is 0 Å². The van der Waals surface area contributed by atoms with Crippen LogP contribution in [0, 0.1) is 0 Å². The Morgan fingerprint density at radius 2 is 1.81 bits per heavy atom. The summed E-state index contributed by atoms with van der Waals surface area (Å²) in [5.74, 6) is 1.29. The van der Waals surface area contributed by atoms with Crippen LogP contribution in [0.4, 0.5) is 16.2 Å². The van der Waals surface area contributed by atoms with Gasteiger partial charge in [-0.2, -0.15) is 0 Å². The summed E-state index contributed by atoms with van der Waals surface area (Å²) in [7, 11) is 0. The summed E-state index contributed by atoms with van der Waals surface area (Å²) >= 11 is 0. The van der Waals surface area contributed by atoms with Gasteiger partial charge in [-0.25, -0.2) is 4.79 Å². The zero-order valence-corrected chi connectivity index (χ0v) is 14.1. The molecule has 2 aliphatic rings. The highest BCUT2D eigenvalue weighted by atomic mass is 16.6. The van der Waals surface area contributed by atoms with E-state index < -0.39 is 0 Å². The molecule has 1 saturated heterocycles. The number of ether oxygens (including phenoxy) is 2. The largest absolute Gasteiger partial charge is 0.486 e. The molecule has 0 unspecified atom stereocenters. The number of hydrogen-bond donors (Lipinski definition) is 2. The van der Waals surface area contributed by atoms with E-state index in [2.05, 4.69) is 10.6 Å². The van der Waals surface area contributed by atoms with Gasteiger partial charge in [-0.3, -0.25) is 4.79 Å². The molecule has 26 heavy (non-hydrogen) atoms. The van der Waals surface area contributed by atoms with Gasteiger partial charge in [0.2, 0.25) is 5.91 Å². The number of amides is 3. The van der Waals surface area contributed by atoms with Crippen molar-refractivity contribution < 1.29 is 19.1 Å². The molecule has 3 amide bonds. The van der Waals surface area contributed by atoms with Crippen molar-refractivity contribution in [2.24, 2.45) is 0 Å². The molecule has 2 aromatic carbocycles. The Morgan fingerprint density at radius 3 is 2.62 bits per heavy atom. The molecule has 2 aliphatic heterocycles. The van der Waals surface area contributed by atoms with Crippen molar-refractivity contribution in [1.29, 1.82) is 0 Å². The molecule has 1 fully saturated rings. The summed E-state index contributed by atoms with van der Waals surface area (Å²) in [4.78, 5) is 26.2. The average Bonchev–Trinajstić information content (AvgIpc) is 3.02. The number of anilines is 2. The molecule has 0 bridgehead atoms. The van der Waals surface area contributed by atoms with Crippen molar-refractivity contribution in [2.75, 3.05) is 30.0 Å². The quantitative estimate of drug-likeness (QED) is 0.888. The summed E-state index contributed by atoms with van der Waals surface area (Å²) in [5, 5.41) is 5.61. The highest BCUT2D eigenvalue weighted by Crippen LogP contribution is 2.35. The van der Waals surface area contributed by atoms with Crippen LogP contribution >= 0.6 is 0 Å². The number of fused-ring (bicyclic) bond motifs is 1. The van der Waals surface area contributed by atoms with Gasteiger partial charge in [-0.05, 0) is 24.3 Å². The molecule has 0 saturated carbocycles. The van der Waals surface area contributed by atoms with Gasteiger partial charge in [0.15, 0.2) is 11.5 Å². The van der Waals surface area contributed by atoms with E-state index in [0.717, 1.165) is 5.69 Å². The van der Waals surface area contributed by atoms with Crippen LogP contribution in [0.2, 0.25) is 0 Å². The first kappa shape index (κ1) is 16.3. The molecule has 0 aromatic heterocycles. The summed E-state index contributed by atoms with van der Waals surface area (Å²) in [6.07, 6.45) is 0.261. The molecule has 2 heterocycles. The number of carbonyl (C=O) groups excluding carboxylic acids is 2. The fourth-order valence-electron chi connectivity index (χ4n) is 3.13. The Kier molecular flexibility index (Phi) is 4.35. The second-order valence-electron chi connectivity index (χ2n) is 6.20. The van der Waals surface area contributed by atoms with E-state index in [9.17, 15) is 9.59 Å². The van der Waals surface area contributed by atoms with E-state index in [1.807, 2.05) is 24.3 Å². The summed E-state index contributed by atoms with van der Waals surface area (Å²) < 4.78 is 11.1. The van der Waals surface area contributed by atoms with Crippen molar-refractivity contribution in [1.82, 2.24) is 5.32 Å². The number of carbonyl (C=O) groups is 2. The Balaban J connectivity index is 1.40. The lowest BCUT2D eigenvalue weighted by Crippen LogP contribution is -2.39. The van der Waals surface area contributed by atoms with Crippen molar-refractivity contribution >= 4 is 23.3 Å². The number of para-hydroxylation sites is 1. The number of benzene rings is 2. The van der Waals surface area contributed by atoms with Crippen molar-refractivity contribution in [3.8, 4) is 11.5 Å². The third-order valence-electron chi connectivity index (χ3n) is 4.33. The Morgan fingerprint density at radius 1 is 1.04 bits per heavy atom. The van der Waals surface area contributed by atoms with E-state index in [0.29, 0.717) is 36.9 Å². The summed E-state index contributed by atoms with van der Waals surface area (Å²) in [5.41, 5.74) is 1.45. The zero-order valence-electron chi connectivity index (χ0n) is 14.1. The maximum atomic E-state index is 12.4. The summed E-state index contributed by atoms with van der Waals surface area (Å²) in [6, 6.07) is 14.1. The lowest BCUT2D eigenvalue weighted by molar-refractivity contribution is -0.117. The van der Waals surface area contributed by atoms with Crippen LogP contribution in [0.15, 0.2) is 48.5 Å². The van der Waals surface area contributed by atoms with Crippen LogP contribution in [0.3, 0.4) is 0 Å². The molecular weight excluding hydrogens is 334 g/mol. The maximum Gasteiger partial charge on any atom is 0.319 e. The van der Waals surface area contributed by atoms with Crippen molar-refractivity contribution in [3.63, 3.8) is 0 Å². The van der Waals surface area contributed by atoms with E-state index >= 15 is 0 Å². The maximum absolute atomic E-state index is 12.4. The Labute approximate surface area is 150 Å². The normalized spacial score (nSPS) is 18.5. The molecule has 0 aliphatic carbocycles. The van der Waals surface area contributed by atoms with Gasteiger partial charge < -0.3 is 25.0 Å². The number of rotatable bonds is 3. The second-order valence-corrected chi connectivity index (χ2v) is 6.20. The fraction of sp³-hybridized carbons (Fsp3) is 0.263. The van der Waals surface area contributed by atoms with E-state index in [1.54, 1.807) is 29.2 Å². The highest BCUT2D eigenvalue weighted by Gasteiger charge is 2.32. The Hall–Kier alpha value is -3.22. The topological polar surface area (TPSA) is 79.9 Å². The number of urea groups is 1. The third-order valence-corrected chi connectivity index (χ3v) is 4.33. The lowest BCUT2D eigenvalue weighted by Gasteiger charge is -2.22. The van der Waals surface area contributed by atoms with Crippen LogP contribution < -0.4 is 25.0 Å². The van der Waals surface area contributed by atoms with Crippen molar-refractivity contribution in [3.05, 3.63) is 48.5 Å². The second kappa shape index (κ2) is 6.95. The van der Waals surface area contributed by atoms with Gasteiger partial charge in [0.25, 0.3) is 0 Å². The molecule has 7 heteroatoms. The summed E-state index contributed by atoms with van der Waals surface area (Å²) in [6.45, 7) is 1.44. The molecule has 4 rings (SSSR count). The molecule has 2 N–H and O–H groups in total. The fourth-order valence-corrected chi connectivity index (χ4v) is 3.13. The first-order chi connectivity index (χ1) is 12.7. The molecular formula is C19H19N3O4. The monoisotopic (exact) mass is 353 g/mol. The minimum absolute atomic E-state index is 0.0355. The van der Waals surface area contributed by atoms with E-state index in [1.165, 1.54) is 0 Å².